The lowest BCUT2D eigenvalue weighted by Gasteiger charge is -2.40. The first kappa shape index (κ1) is 27.8. The zero-order valence-corrected chi connectivity index (χ0v) is 23.8. The van der Waals surface area contributed by atoms with E-state index in [2.05, 4.69) is 108 Å². The first-order valence-electron chi connectivity index (χ1n) is 14.6. The van der Waals surface area contributed by atoms with E-state index in [-0.39, 0.29) is 24.4 Å². The fraction of sp³-hybridized carbons (Fsp3) is 0.333. The Kier molecular flexibility index (Phi) is 8.33. The highest BCUT2D eigenvalue weighted by atomic mass is 16.8. The second-order valence-corrected chi connectivity index (χ2v) is 11.3. The van der Waals surface area contributed by atoms with Gasteiger partial charge in [-0.05, 0) is 42.5 Å². The standard InChI is InChI=1S/C36H39NO4/c1-35(2)40-33-31(25-32(34(33)41-35)39-24-23-38-26-27-15-7-3-8-16-27)37-36(28-17-9-4-10-18-28,29-19-11-5-12-20-29)30-21-13-6-14-22-30/h3-22,31-34,37H,23-26H2,1-2H3/t31-,32+,33+,34-/m1/s1. The summed E-state index contributed by atoms with van der Waals surface area (Å²) in [4.78, 5) is 0. The number of hydrogen-bond donors (Lipinski definition) is 1. The normalized spacial score (nSPS) is 23.4. The molecule has 1 aliphatic heterocycles. The maximum Gasteiger partial charge on any atom is 0.163 e. The molecule has 212 valence electrons. The molecule has 5 heteroatoms. The van der Waals surface area contributed by atoms with E-state index < -0.39 is 11.3 Å². The van der Waals surface area contributed by atoms with Crippen LogP contribution in [0.15, 0.2) is 121 Å². The smallest absolute Gasteiger partial charge is 0.163 e. The molecule has 0 bridgehead atoms. The molecule has 4 atom stereocenters. The zero-order valence-electron chi connectivity index (χ0n) is 23.8. The largest absolute Gasteiger partial charge is 0.374 e. The highest BCUT2D eigenvalue weighted by molar-refractivity contribution is 5.49. The minimum atomic E-state index is -0.685. The van der Waals surface area contributed by atoms with Crippen molar-refractivity contribution in [3.63, 3.8) is 0 Å². The van der Waals surface area contributed by atoms with Crippen LogP contribution in [0.3, 0.4) is 0 Å². The molecule has 2 fully saturated rings. The Bertz CT molecular complexity index is 1270. The SMILES string of the molecule is CC1(C)O[C@@H]2[C@H](O1)[C@@H](OCCOCc1ccccc1)C[C@H]2NC(c1ccccc1)(c1ccccc1)c1ccccc1. The number of benzene rings is 4. The molecule has 4 aromatic carbocycles. The van der Waals surface area contributed by atoms with Crippen molar-refractivity contribution in [2.45, 2.75) is 62.6 Å². The van der Waals surface area contributed by atoms with E-state index in [1.165, 1.54) is 16.7 Å². The molecule has 1 saturated heterocycles. The Labute approximate surface area is 243 Å². The highest BCUT2D eigenvalue weighted by Gasteiger charge is 2.56. The van der Waals surface area contributed by atoms with E-state index in [0.717, 1.165) is 12.0 Å². The summed E-state index contributed by atoms with van der Waals surface area (Å²) in [5.41, 5.74) is 4.08. The molecule has 2 aliphatic rings. The Morgan fingerprint density at radius 2 is 1.17 bits per heavy atom. The van der Waals surface area contributed by atoms with Gasteiger partial charge in [0.2, 0.25) is 0 Å². The maximum atomic E-state index is 6.56. The highest BCUT2D eigenvalue weighted by Crippen LogP contribution is 2.44. The lowest BCUT2D eigenvalue weighted by atomic mass is 9.76. The van der Waals surface area contributed by atoms with Crippen molar-refractivity contribution in [2.24, 2.45) is 0 Å². The van der Waals surface area contributed by atoms with Gasteiger partial charge in [0.25, 0.3) is 0 Å². The average Bonchev–Trinajstić information content (AvgIpc) is 3.50. The summed E-state index contributed by atoms with van der Waals surface area (Å²) in [6, 6.07) is 42.2. The van der Waals surface area contributed by atoms with Gasteiger partial charge in [-0.15, -0.1) is 0 Å². The predicted octanol–water partition coefficient (Wildman–Crippen LogP) is 6.46. The first-order valence-corrected chi connectivity index (χ1v) is 14.6. The molecule has 4 aromatic rings. The quantitative estimate of drug-likeness (QED) is 0.172. The predicted molar refractivity (Wildman–Crippen MR) is 160 cm³/mol. The van der Waals surface area contributed by atoms with Crippen molar-refractivity contribution in [3.8, 4) is 0 Å². The molecule has 0 spiro atoms. The molecular weight excluding hydrogens is 510 g/mol. The molecule has 0 amide bonds. The molecule has 5 nitrogen and oxygen atoms in total. The van der Waals surface area contributed by atoms with E-state index in [1.807, 2.05) is 32.0 Å². The number of fused-ring (bicyclic) bond motifs is 1. The minimum absolute atomic E-state index is 0.0161. The second-order valence-electron chi connectivity index (χ2n) is 11.3. The van der Waals surface area contributed by atoms with E-state index >= 15 is 0 Å². The number of hydrogen-bond acceptors (Lipinski definition) is 5. The lowest BCUT2D eigenvalue weighted by Crippen LogP contribution is -2.53. The molecule has 1 heterocycles. The van der Waals surface area contributed by atoms with Crippen LogP contribution in [0.4, 0.5) is 0 Å². The van der Waals surface area contributed by atoms with Crippen molar-refractivity contribution in [1.29, 1.82) is 0 Å². The number of rotatable bonds is 11. The summed E-state index contributed by atoms with van der Waals surface area (Å²) in [7, 11) is 0. The van der Waals surface area contributed by atoms with Gasteiger partial charge in [0.05, 0.1) is 31.5 Å². The van der Waals surface area contributed by atoms with Crippen LogP contribution in [0.1, 0.15) is 42.5 Å². The minimum Gasteiger partial charge on any atom is -0.374 e. The van der Waals surface area contributed by atoms with Crippen LogP contribution in [-0.4, -0.2) is 43.4 Å². The summed E-state index contributed by atoms with van der Waals surface area (Å²) in [6.07, 6.45) is 0.324. The molecule has 1 aliphatic carbocycles. The van der Waals surface area contributed by atoms with Gasteiger partial charge in [-0.3, -0.25) is 5.32 Å². The number of nitrogens with one attached hydrogen (secondary N) is 1. The van der Waals surface area contributed by atoms with Gasteiger partial charge in [0.1, 0.15) is 12.2 Å². The van der Waals surface area contributed by atoms with Crippen molar-refractivity contribution in [3.05, 3.63) is 144 Å². The Balaban J connectivity index is 1.27. The Morgan fingerprint density at radius 1 is 0.683 bits per heavy atom. The summed E-state index contributed by atoms with van der Waals surface area (Å²) >= 11 is 0. The van der Waals surface area contributed by atoms with Crippen LogP contribution >= 0.6 is 0 Å². The maximum absolute atomic E-state index is 6.56. The third kappa shape index (κ3) is 6.01. The van der Waals surface area contributed by atoms with E-state index in [0.29, 0.717) is 19.8 Å². The molecule has 0 unspecified atom stereocenters. The van der Waals surface area contributed by atoms with E-state index in [1.54, 1.807) is 0 Å². The summed E-state index contributed by atoms with van der Waals surface area (Å²) in [5, 5.41) is 4.12. The summed E-state index contributed by atoms with van der Waals surface area (Å²) in [5.74, 6) is -0.685. The fourth-order valence-electron chi connectivity index (χ4n) is 6.35. The topological polar surface area (TPSA) is 49.0 Å². The van der Waals surface area contributed by atoms with Gasteiger partial charge in [-0.25, -0.2) is 0 Å². The van der Waals surface area contributed by atoms with Crippen LogP contribution in [0.5, 0.6) is 0 Å². The van der Waals surface area contributed by atoms with Crippen LogP contribution in [0.25, 0.3) is 0 Å². The van der Waals surface area contributed by atoms with Gasteiger partial charge in [-0.2, -0.15) is 0 Å². The molecule has 1 saturated carbocycles. The van der Waals surface area contributed by atoms with Crippen LogP contribution in [-0.2, 0) is 31.1 Å². The Hall–Kier alpha value is -3.32. The van der Waals surface area contributed by atoms with Crippen molar-refractivity contribution < 1.29 is 18.9 Å². The fourth-order valence-corrected chi connectivity index (χ4v) is 6.35. The monoisotopic (exact) mass is 549 g/mol. The second kappa shape index (κ2) is 12.3. The lowest BCUT2D eigenvalue weighted by molar-refractivity contribution is -0.170. The van der Waals surface area contributed by atoms with Crippen molar-refractivity contribution >= 4 is 0 Å². The first-order chi connectivity index (χ1) is 20.1. The molecule has 6 rings (SSSR count). The average molecular weight is 550 g/mol. The van der Waals surface area contributed by atoms with Crippen LogP contribution in [0.2, 0.25) is 0 Å². The van der Waals surface area contributed by atoms with Crippen molar-refractivity contribution in [1.82, 2.24) is 5.32 Å². The van der Waals surface area contributed by atoms with Crippen LogP contribution < -0.4 is 5.32 Å². The summed E-state index contributed by atoms with van der Waals surface area (Å²) < 4.78 is 25.3. The van der Waals surface area contributed by atoms with Crippen molar-refractivity contribution in [2.75, 3.05) is 13.2 Å². The van der Waals surface area contributed by atoms with Gasteiger partial charge in [0, 0.05) is 6.04 Å². The molecule has 0 aromatic heterocycles. The van der Waals surface area contributed by atoms with E-state index in [4.69, 9.17) is 18.9 Å². The number of ether oxygens (including phenoxy) is 4. The zero-order chi connectivity index (χ0) is 28.1. The summed E-state index contributed by atoms with van der Waals surface area (Å²) in [6.45, 7) is 5.57. The molecule has 1 N–H and O–H groups in total. The van der Waals surface area contributed by atoms with Crippen LogP contribution in [0, 0.1) is 0 Å². The molecule has 41 heavy (non-hydrogen) atoms. The third-order valence-electron chi connectivity index (χ3n) is 8.11. The molecule has 0 radical (unpaired) electrons. The van der Waals surface area contributed by atoms with E-state index in [9.17, 15) is 0 Å². The van der Waals surface area contributed by atoms with Gasteiger partial charge in [0.15, 0.2) is 5.79 Å². The van der Waals surface area contributed by atoms with Gasteiger partial charge >= 0.3 is 0 Å². The Morgan fingerprint density at radius 3 is 1.71 bits per heavy atom. The van der Waals surface area contributed by atoms with Gasteiger partial charge < -0.3 is 18.9 Å². The van der Waals surface area contributed by atoms with Gasteiger partial charge in [-0.1, -0.05) is 121 Å². The molecular formula is C36H39NO4. The third-order valence-corrected chi connectivity index (χ3v) is 8.11.